The zero-order chi connectivity index (χ0) is 20.3. The van der Waals surface area contributed by atoms with Gasteiger partial charge >= 0.3 is 5.69 Å². The number of carbonyl (C=O) groups is 1. The summed E-state index contributed by atoms with van der Waals surface area (Å²) in [5, 5.41) is 2.71. The molecule has 0 atom stereocenters. The van der Waals surface area contributed by atoms with Gasteiger partial charge in [-0.3, -0.25) is 9.59 Å². The van der Waals surface area contributed by atoms with Crippen LogP contribution in [0.5, 0.6) is 5.75 Å². The van der Waals surface area contributed by atoms with E-state index in [1.54, 1.807) is 24.3 Å². The molecule has 1 amide bonds. The van der Waals surface area contributed by atoms with Gasteiger partial charge in [0.25, 0.3) is 11.5 Å². The van der Waals surface area contributed by atoms with Gasteiger partial charge in [0.2, 0.25) is 0 Å². The number of H-pyrrole nitrogens is 1. The topological polar surface area (TPSA) is 93.2 Å². The van der Waals surface area contributed by atoms with Crippen LogP contribution in [0.2, 0.25) is 0 Å². The highest BCUT2D eigenvalue weighted by Gasteiger charge is 2.16. The van der Waals surface area contributed by atoms with E-state index in [-0.39, 0.29) is 5.56 Å². The number of hydrogen-bond donors (Lipinski definition) is 2. The average Bonchev–Trinajstić information content (AvgIpc) is 2.62. The predicted molar refractivity (Wildman–Crippen MR) is 108 cm³/mol. The van der Waals surface area contributed by atoms with E-state index in [9.17, 15) is 14.4 Å². The van der Waals surface area contributed by atoms with E-state index < -0.39 is 17.2 Å². The Hall–Kier alpha value is -3.61. The second-order valence-corrected chi connectivity index (χ2v) is 6.41. The maximum atomic E-state index is 12.8. The van der Waals surface area contributed by atoms with Crippen LogP contribution in [0.4, 0.5) is 5.69 Å². The van der Waals surface area contributed by atoms with Gasteiger partial charge in [-0.15, -0.1) is 0 Å². The molecule has 0 unspecified atom stereocenters. The fourth-order valence-electron chi connectivity index (χ4n) is 2.97. The number of carbonyl (C=O) groups excluding carboxylic acids is 1. The summed E-state index contributed by atoms with van der Waals surface area (Å²) >= 11 is 0. The lowest BCUT2D eigenvalue weighted by atomic mass is 10.1. The molecule has 0 aliphatic carbocycles. The molecule has 0 bridgehead atoms. The van der Waals surface area contributed by atoms with E-state index >= 15 is 0 Å². The number of nitrogens with zero attached hydrogens (tertiary/aromatic N) is 1. The van der Waals surface area contributed by atoms with E-state index in [1.165, 1.54) is 0 Å². The number of rotatable bonds is 5. The van der Waals surface area contributed by atoms with E-state index in [4.69, 9.17) is 4.74 Å². The molecular formula is C21H21N3O4. The van der Waals surface area contributed by atoms with Crippen molar-refractivity contribution in [1.82, 2.24) is 9.55 Å². The number of ether oxygens (including phenoxy) is 1. The molecule has 3 rings (SSSR count). The molecule has 3 aromatic rings. The molecule has 0 radical (unpaired) electrons. The summed E-state index contributed by atoms with van der Waals surface area (Å²) in [5.41, 5.74) is 1.42. The van der Waals surface area contributed by atoms with E-state index in [2.05, 4.69) is 10.3 Å². The Kier molecular flexibility index (Phi) is 5.44. The number of aromatic nitrogens is 2. The van der Waals surface area contributed by atoms with Crippen molar-refractivity contribution in [2.75, 3.05) is 11.9 Å². The molecule has 0 aliphatic rings. The maximum Gasteiger partial charge on any atom is 0.333 e. The molecule has 144 valence electrons. The molecule has 0 aliphatic heterocycles. The number of anilines is 1. The molecule has 0 saturated heterocycles. The van der Waals surface area contributed by atoms with E-state index in [0.717, 1.165) is 21.9 Å². The normalized spacial score (nSPS) is 10.5. The van der Waals surface area contributed by atoms with Crippen LogP contribution in [0.15, 0.2) is 58.3 Å². The Morgan fingerprint density at radius 1 is 1.07 bits per heavy atom. The third-order valence-electron chi connectivity index (χ3n) is 4.11. The highest BCUT2D eigenvalue weighted by molar-refractivity contribution is 6.03. The number of benzene rings is 2. The van der Waals surface area contributed by atoms with Crippen molar-refractivity contribution in [3.05, 3.63) is 86.2 Å². The third-order valence-corrected chi connectivity index (χ3v) is 4.11. The van der Waals surface area contributed by atoms with Gasteiger partial charge in [0, 0.05) is 11.9 Å². The van der Waals surface area contributed by atoms with Crippen LogP contribution in [0, 0.1) is 13.8 Å². The summed E-state index contributed by atoms with van der Waals surface area (Å²) < 4.78 is 6.29. The van der Waals surface area contributed by atoms with Gasteiger partial charge in [-0.2, -0.15) is 0 Å². The number of aromatic amines is 1. The summed E-state index contributed by atoms with van der Waals surface area (Å²) in [6.07, 6.45) is 1.13. The minimum Gasteiger partial charge on any atom is -0.494 e. The summed E-state index contributed by atoms with van der Waals surface area (Å²) in [7, 11) is 0. The van der Waals surface area contributed by atoms with Crippen molar-refractivity contribution in [2.45, 2.75) is 20.8 Å². The van der Waals surface area contributed by atoms with Gasteiger partial charge in [-0.05, 0) is 68.3 Å². The SMILES string of the molecule is CCOc1ccc(-n2c(=O)[nH]cc(C(=O)Nc3cc(C)cc(C)c3)c2=O)cc1. The summed E-state index contributed by atoms with van der Waals surface area (Å²) in [6.45, 7) is 6.21. The van der Waals surface area contributed by atoms with Gasteiger partial charge < -0.3 is 15.0 Å². The second kappa shape index (κ2) is 7.96. The first-order chi connectivity index (χ1) is 13.4. The highest BCUT2D eigenvalue weighted by atomic mass is 16.5. The van der Waals surface area contributed by atoms with E-state index in [0.29, 0.717) is 23.7 Å². The first kappa shape index (κ1) is 19.2. The fourth-order valence-corrected chi connectivity index (χ4v) is 2.97. The van der Waals surface area contributed by atoms with Gasteiger partial charge in [0.05, 0.1) is 12.3 Å². The first-order valence-corrected chi connectivity index (χ1v) is 8.86. The summed E-state index contributed by atoms with van der Waals surface area (Å²) in [5.74, 6) is 0.0328. The van der Waals surface area contributed by atoms with Crippen molar-refractivity contribution in [1.29, 1.82) is 0 Å². The molecule has 1 aromatic heterocycles. The van der Waals surface area contributed by atoms with Crippen molar-refractivity contribution < 1.29 is 9.53 Å². The summed E-state index contributed by atoms with van der Waals surface area (Å²) in [6, 6.07) is 12.1. The van der Waals surface area contributed by atoms with Crippen molar-refractivity contribution >= 4 is 11.6 Å². The van der Waals surface area contributed by atoms with Gasteiger partial charge in [0.1, 0.15) is 11.3 Å². The highest BCUT2D eigenvalue weighted by Crippen LogP contribution is 2.15. The number of nitrogens with one attached hydrogen (secondary N) is 2. The first-order valence-electron chi connectivity index (χ1n) is 8.86. The Bertz CT molecular complexity index is 1110. The average molecular weight is 379 g/mol. The van der Waals surface area contributed by atoms with Gasteiger partial charge in [0.15, 0.2) is 0 Å². The third kappa shape index (κ3) is 4.03. The minimum atomic E-state index is -0.699. The lowest BCUT2D eigenvalue weighted by molar-refractivity contribution is 0.102. The van der Waals surface area contributed by atoms with Gasteiger partial charge in [-0.1, -0.05) is 6.07 Å². The van der Waals surface area contributed by atoms with Crippen molar-refractivity contribution in [3.63, 3.8) is 0 Å². The lowest BCUT2D eigenvalue weighted by Gasteiger charge is -2.10. The molecule has 28 heavy (non-hydrogen) atoms. The van der Waals surface area contributed by atoms with Crippen molar-refractivity contribution in [3.8, 4) is 11.4 Å². The molecule has 1 heterocycles. The van der Waals surface area contributed by atoms with Crippen LogP contribution in [0.3, 0.4) is 0 Å². The number of hydrogen-bond acceptors (Lipinski definition) is 4. The lowest BCUT2D eigenvalue weighted by Crippen LogP contribution is -2.38. The monoisotopic (exact) mass is 379 g/mol. The summed E-state index contributed by atoms with van der Waals surface area (Å²) in [4.78, 5) is 40.1. The van der Waals surface area contributed by atoms with Crippen LogP contribution in [-0.4, -0.2) is 22.1 Å². The molecule has 0 spiro atoms. The smallest absolute Gasteiger partial charge is 0.333 e. The largest absolute Gasteiger partial charge is 0.494 e. The van der Waals surface area contributed by atoms with Crippen molar-refractivity contribution in [2.24, 2.45) is 0 Å². The maximum absolute atomic E-state index is 12.8. The van der Waals surface area contributed by atoms with Crippen LogP contribution < -0.4 is 21.3 Å². The molecule has 7 nitrogen and oxygen atoms in total. The second-order valence-electron chi connectivity index (χ2n) is 6.41. The Morgan fingerprint density at radius 3 is 2.32 bits per heavy atom. The number of amides is 1. The minimum absolute atomic E-state index is 0.160. The molecule has 0 saturated carbocycles. The van der Waals surface area contributed by atoms with Crippen LogP contribution in [0.1, 0.15) is 28.4 Å². The quantitative estimate of drug-likeness (QED) is 0.713. The molecule has 0 fully saturated rings. The molecular weight excluding hydrogens is 358 g/mol. The Morgan fingerprint density at radius 2 is 1.71 bits per heavy atom. The Labute approximate surface area is 161 Å². The fraction of sp³-hybridized carbons (Fsp3) is 0.190. The molecule has 2 aromatic carbocycles. The number of aryl methyl sites for hydroxylation is 2. The predicted octanol–water partition coefficient (Wildman–Crippen LogP) is 2.79. The van der Waals surface area contributed by atoms with E-state index in [1.807, 2.05) is 39.0 Å². The van der Waals surface area contributed by atoms with Crippen LogP contribution in [0.25, 0.3) is 5.69 Å². The molecule has 7 heteroatoms. The van der Waals surface area contributed by atoms with Gasteiger partial charge in [-0.25, -0.2) is 9.36 Å². The zero-order valence-corrected chi connectivity index (χ0v) is 15.9. The zero-order valence-electron chi connectivity index (χ0n) is 15.9. The van der Waals surface area contributed by atoms with Crippen LogP contribution >= 0.6 is 0 Å². The molecule has 2 N–H and O–H groups in total. The Balaban J connectivity index is 1.97. The van der Waals surface area contributed by atoms with Crippen LogP contribution in [-0.2, 0) is 0 Å². The standard InChI is InChI=1S/C21H21N3O4/c1-4-28-17-7-5-16(6-8-17)24-20(26)18(12-22-21(24)27)19(25)23-15-10-13(2)9-14(3)11-15/h5-12H,4H2,1-3H3,(H,22,27)(H,23,25).